The monoisotopic (exact) mass is 615 g/mol. The molecule has 0 aliphatic rings. The predicted molar refractivity (Wildman–Crippen MR) is 172 cm³/mol. The Kier molecular flexibility index (Phi) is 14.2. The molecule has 0 saturated heterocycles. The highest BCUT2D eigenvalue weighted by atomic mass is 16.6. The van der Waals surface area contributed by atoms with Gasteiger partial charge in [0.15, 0.2) is 0 Å². The molecule has 0 radical (unpaired) electrons. The van der Waals surface area contributed by atoms with Crippen LogP contribution in [0.5, 0.6) is 0 Å². The lowest BCUT2D eigenvalue weighted by molar-refractivity contribution is -0.158. The van der Waals surface area contributed by atoms with Crippen LogP contribution in [0.1, 0.15) is 64.5 Å². The number of hydroxylamine groups is 1. The molecule has 0 aliphatic heterocycles. The van der Waals surface area contributed by atoms with Crippen molar-refractivity contribution in [1.29, 1.82) is 0 Å². The first-order chi connectivity index (χ1) is 21.7. The Balaban J connectivity index is 1.88. The number of allylic oxidation sites excluding steroid dienone is 1. The minimum atomic E-state index is -0.871. The molecule has 1 aromatic heterocycles. The van der Waals surface area contributed by atoms with Crippen molar-refractivity contribution in [2.75, 3.05) is 0 Å². The first kappa shape index (κ1) is 34.9. The molecule has 0 spiro atoms. The zero-order valence-corrected chi connectivity index (χ0v) is 26.6. The van der Waals surface area contributed by atoms with Gasteiger partial charge >= 0.3 is 0 Å². The van der Waals surface area contributed by atoms with Gasteiger partial charge in [0.25, 0.3) is 11.8 Å². The number of nitrogens with one attached hydrogen (secondary N) is 2. The van der Waals surface area contributed by atoms with E-state index in [9.17, 15) is 19.2 Å². The number of hydrogen-bond acceptors (Lipinski definition) is 6. The van der Waals surface area contributed by atoms with Gasteiger partial charge in [-0.25, -0.2) is 10.5 Å². The van der Waals surface area contributed by atoms with Crippen LogP contribution in [-0.2, 0) is 37.2 Å². The largest absolute Gasteiger partial charge is 0.328 e. The number of hydrogen-bond donors (Lipinski definition) is 2. The highest BCUT2D eigenvalue weighted by Crippen LogP contribution is 2.26. The number of aromatic nitrogens is 2. The van der Waals surface area contributed by atoms with Crippen LogP contribution in [0, 0.1) is 23.7 Å². The van der Waals surface area contributed by atoms with Crippen LogP contribution in [0.15, 0.2) is 85.5 Å². The summed E-state index contributed by atoms with van der Waals surface area (Å²) in [7, 11) is 0. The van der Waals surface area contributed by atoms with E-state index < -0.39 is 41.4 Å². The van der Waals surface area contributed by atoms with E-state index in [0.29, 0.717) is 19.3 Å². The van der Waals surface area contributed by atoms with E-state index >= 15 is 0 Å². The Morgan fingerprint density at radius 2 is 1.60 bits per heavy atom. The molecule has 0 aliphatic carbocycles. The molecular weight excluding hydrogens is 570 g/mol. The number of imidazole rings is 1. The van der Waals surface area contributed by atoms with Gasteiger partial charge in [-0.1, -0.05) is 101 Å². The molecule has 3 rings (SSSR count). The molecule has 0 bridgehead atoms. The normalized spacial score (nSPS) is 12.7. The molecule has 2 aromatic carbocycles. The maximum atomic E-state index is 14.1. The average Bonchev–Trinajstić information content (AvgIpc) is 3.55. The zero-order valence-electron chi connectivity index (χ0n) is 26.6. The maximum Gasteiger partial charge on any atom is 0.268 e. The molecule has 2 N–H and O–H groups in total. The third kappa shape index (κ3) is 11.1. The Hall–Kier alpha value is -4.57. The molecule has 4 amide bonds. The van der Waals surface area contributed by atoms with Crippen molar-refractivity contribution in [3.05, 3.63) is 96.6 Å². The van der Waals surface area contributed by atoms with Crippen molar-refractivity contribution >= 4 is 29.7 Å². The first-order valence-corrected chi connectivity index (χ1v) is 15.5. The first-order valence-electron chi connectivity index (χ1n) is 15.5. The fourth-order valence-corrected chi connectivity index (χ4v) is 5.03. The van der Waals surface area contributed by atoms with Crippen LogP contribution >= 0.6 is 0 Å². The third-order valence-corrected chi connectivity index (χ3v) is 7.54. The second-order valence-electron chi connectivity index (χ2n) is 11.4. The molecule has 240 valence electrons. The van der Waals surface area contributed by atoms with Gasteiger partial charge in [0.2, 0.25) is 11.8 Å². The third-order valence-electron chi connectivity index (χ3n) is 7.54. The van der Waals surface area contributed by atoms with Crippen LogP contribution in [0.3, 0.4) is 0 Å². The second kappa shape index (κ2) is 18.3. The predicted octanol–water partition coefficient (Wildman–Crippen LogP) is 5.34. The standard InChI is InChI=1S/C35H45N5O5/c1-5-29(6-2)35(44)40(32(41)23-39-21-20-36-25-39)37-33(42)31(22-26(3)4)30(19-13-18-27-14-9-7-10-15-27)34(43)38-45-24-28-16-11-8-12-17-28/h7-18,20-21,25-26,29-31H,5-6,19,22-24H2,1-4H3,(H,37,42)(H,38,43)/b18-13+/t30-,31+/m0/s1. The minimum absolute atomic E-state index is 0.0317. The summed E-state index contributed by atoms with van der Waals surface area (Å²) in [6.45, 7) is 7.61. The van der Waals surface area contributed by atoms with Gasteiger partial charge in [-0.3, -0.25) is 29.4 Å². The van der Waals surface area contributed by atoms with E-state index in [1.807, 2.05) is 101 Å². The summed E-state index contributed by atoms with van der Waals surface area (Å²) in [6.07, 6.45) is 9.93. The van der Waals surface area contributed by atoms with Crippen LogP contribution in [0.4, 0.5) is 0 Å². The zero-order chi connectivity index (χ0) is 32.6. The average molecular weight is 616 g/mol. The Morgan fingerprint density at radius 3 is 2.20 bits per heavy atom. The van der Waals surface area contributed by atoms with E-state index in [-0.39, 0.29) is 25.5 Å². The number of nitrogens with zero attached hydrogens (tertiary/aromatic N) is 3. The van der Waals surface area contributed by atoms with Gasteiger partial charge in [-0.2, -0.15) is 5.01 Å². The Morgan fingerprint density at radius 1 is 0.933 bits per heavy atom. The van der Waals surface area contributed by atoms with Gasteiger partial charge in [0, 0.05) is 18.3 Å². The van der Waals surface area contributed by atoms with Crippen molar-refractivity contribution in [1.82, 2.24) is 25.5 Å². The summed E-state index contributed by atoms with van der Waals surface area (Å²) in [6, 6.07) is 19.1. The van der Waals surface area contributed by atoms with Crippen molar-refractivity contribution in [3.63, 3.8) is 0 Å². The maximum absolute atomic E-state index is 14.1. The van der Waals surface area contributed by atoms with Crippen molar-refractivity contribution < 1.29 is 24.0 Å². The summed E-state index contributed by atoms with van der Waals surface area (Å²) in [5.41, 5.74) is 7.00. The molecule has 3 aromatic rings. The molecule has 2 atom stereocenters. The van der Waals surface area contributed by atoms with Crippen LogP contribution < -0.4 is 10.9 Å². The molecular formula is C35H45N5O5. The quantitative estimate of drug-likeness (QED) is 0.210. The number of rotatable bonds is 16. The van der Waals surface area contributed by atoms with Gasteiger partial charge < -0.3 is 4.57 Å². The number of hydrazine groups is 1. The van der Waals surface area contributed by atoms with Gasteiger partial charge in [0.05, 0.1) is 24.8 Å². The van der Waals surface area contributed by atoms with E-state index in [1.54, 1.807) is 6.20 Å². The highest BCUT2D eigenvalue weighted by molar-refractivity contribution is 5.99. The van der Waals surface area contributed by atoms with Crippen LogP contribution in [0.2, 0.25) is 0 Å². The van der Waals surface area contributed by atoms with E-state index in [2.05, 4.69) is 15.9 Å². The SMILES string of the molecule is CCC(CC)C(=O)N(NC(=O)[C@H](CC(C)C)[C@H](C/C=C/c1ccccc1)C(=O)NOCc1ccccc1)C(=O)Cn1ccnc1. The second-order valence-corrected chi connectivity index (χ2v) is 11.4. The molecule has 10 nitrogen and oxygen atoms in total. The topological polar surface area (TPSA) is 123 Å². The van der Waals surface area contributed by atoms with Crippen molar-refractivity contribution in [3.8, 4) is 0 Å². The number of amides is 4. The van der Waals surface area contributed by atoms with E-state index in [4.69, 9.17) is 4.84 Å². The van der Waals surface area contributed by atoms with Crippen LogP contribution in [-0.4, -0.2) is 38.2 Å². The van der Waals surface area contributed by atoms with Crippen molar-refractivity contribution in [2.45, 2.75) is 66.5 Å². The van der Waals surface area contributed by atoms with Gasteiger partial charge in [-0.05, 0) is 42.7 Å². The Labute approximate surface area is 265 Å². The molecule has 0 fully saturated rings. The Bertz CT molecular complexity index is 1370. The number of carbonyl (C=O) groups is 4. The minimum Gasteiger partial charge on any atom is -0.328 e. The van der Waals surface area contributed by atoms with Crippen LogP contribution in [0.25, 0.3) is 6.08 Å². The fourth-order valence-electron chi connectivity index (χ4n) is 5.03. The van der Waals surface area contributed by atoms with E-state index in [0.717, 1.165) is 16.1 Å². The summed E-state index contributed by atoms with van der Waals surface area (Å²) >= 11 is 0. The lowest BCUT2D eigenvalue weighted by atomic mass is 9.82. The lowest BCUT2D eigenvalue weighted by Gasteiger charge is -2.30. The summed E-state index contributed by atoms with van der Waals surface area (Å²) < 4.78 is 1.53. The number of carbonyl (C=O) groups excluding carboxylic acids is 4. The summed E-state index contributed by atoms with van der Waals surface area (Å²) in [5.74, 6) is -4.29. The summed E-state index contributed by atoms with van der Waals surface area (Å²) in [4.78, 5) is 64.2. The fraction of sp³-hybridized carbons (Fsp3) is 0.400. The lowest BCUT2D eigenvalue weighted by Crippen LogP contribution is -2.55. The number of imide groups is 1. The number of benzene rings is 2. The summed E-state index contributed by atoms with van der Waals surface area (Å²) in [5, 5.41) is 0.827. The molecule has 1 heterocycles. The molecule has 45 heavy (non-hydrogen) atoms. The van der Waals surface area contributed by atoms with E-state index in [1.165, 1.54) is 17.1 Å². The molecule has 0 saturated carbocycles. The van der Waals surface area contributed by atoms with Gasteiger partial charge in [0.1, 0.15) is 6.54 Å². The van der Waals surface area contributed by atoms with Crippen molar-refractivity contribution in [2.24, 2.45) is 23.7 Å². The smallest absolute Gasteiger partial charge is 0.268 e. The molecule has 0 unspecified atom stereocenters. The van der Waals surface area contributed by atoms with Gasteiger partial charge in [-0.15, -0.1) is 0 Å². The highest BCUT2D eigenvalue weighted by Gasteiger charge is 2.37. The molecule has 10 heteroatoms.